The Morgan fingerprint density at radius 3 is 2.75 bits per heavy atom. The molecule has 2 rings (SSSR count). The number of hydrogen-bond acceptors (Lipinski definition) is 3. The molecular formula is C16H30N2O2. The Hall–Kier alpha value is -0.610. The molecule has 116 valence electrons. The maximum atomic E-state index is 12.5. The van der Waals surface area contributed by atoms with Gasteiger partial charge in [0.15, 0.2) is 0 Å². The summed E-state index contributed by atoms with van der Waals surface area (Å²) in [7, 11) is 0. The van der Waals surface area contributed by atoms with E-state index in [1.165, 1.54) is 12.8 Å². The molecule has 2 fully saturated rings. The van der Waals surface area contributed by atoms with E-state index in [4.69, 9.17) is 4.74 Å². The number of piperidine rings is 1. The van der Waals surface area contributed by atoms with E-state index in [0.29, 0.717) is 0 Å². The zero-order valence-electron chi connectivity index (χ0n) is 12.9. The molecule has 0 aromatic rings. The lowest BCUT2D eigenvalue weighted by Crippen LogP contribution is -2.47. The number of hydrogen-bond donors (Lipinski definition) is 2. The van der Waals surface area contributed by atoms with Crippen molar-refractivity contribution in [2.75, 3.05) is 32.8 Å². The molecule has 0 bridgehead atoms. The SMILES string of the molecule is CCCC1(C(=O)NCCCOCC2CC2)CCNCC1. The first kappa shape index (κ1) is 15.8. The van der Waals surface area contributed by atoms with Crippen molar-refractivity contribution in [3.05, 3.63) is 0 Å². The van der Waals surface area contributed by atoms with Crippen LogP contribution in [0.2, 0.25) is 0 Å². The second-order valence-electron chi connectivity index (χ2n) is 6.41. The molecule has 0 aromatic carbocycles. The third kappa shape index (κ3) is 4.74. The first-order valence-electron chi connectivity index (χ1n) is 8.33. The topological polar surface area (TPSA) is 50.4 Å². The predicted molar refractivity (Wildman–Crippen MR) is 80.6 cm³/mol. The number of amides is 1. The molecule has 0 aromatic heterocycles. The van der Waals surface area contributed by atoms with Crippen molar-refractivity contribution in [2.45, 2.75) is 51.9 Å². The van der Waals surface area contributed by atoms with Crippen molar-refractivity contribution in [3.8, 4) is 0 Å². The Morgan fingerprint density at radius 1 is 1.35 bits per heavy atom. The van der Waals surface area contributed by atoms with Crippen molar-refractivity contribution >= 4 is 5.91 Å². The van der Waals surface area contributed by atoms with E-state index in [9.17, 15) is 4.79 Å². The predicted octanol–water partition coefficient (Wildman–Crippen LogP) is 2.09. The van der Waals surface area contributed by atoms with Gasteiger partial charge in [0, 0.05) is 19.8 Å². The molecule has 20 heavy (non-hydrogen) atoms. The number of carbonyl (C=O) groups is 1. The van der Waals surface area contributed by atoms with Gasteiger partial charge in [-0.15, -0.1) is 0 Å². The van der Waals surface area contributed by atoms with E-state index in [1.54, 1.807) is 0 Å². The summed E-state index contributed by atoms with van der Waals surface area (Å²) in [5.74, 6) is 1.09. The first-order chi connectivity index (χ1) is 9.77. The van der Waals surface area contributed by atoms with Crippen LogP contribution >= 0.6 is 0 Å². The fourth-order valence-corrected chi connectivity index (χ4v) is 3.07. The van der Waals surface area contributed by atoms with Gasteiger partial charge in [0.2, 0.25) is 5.91 Å². The Balaban J connectivity index is 1.62. The van der Waals surface area contributed by atoms with E-state index in [1.807, 2.05) is 0 Å². The fourth-order valence-electron chi connectivity index (χ4n) is 3.07. The van der Waals surface area contributed by atoms with Crippen LogP contribution in [0.15, 0.2) is 0 Å². The lowest BCUT2D eigenvalue weighted by Gasteiger charge is -2.36. The molecule has 0 unspecified atom stereocenters. The molecule has 2 aliphatic rings. The highest BCUT2D eigenvalue weighted by Gasteiger charge is 2.38. The van der Waals surface area contributed by atoms with Crippen molar-refractivity contribution < 1.29 is 9.53 Å². The summed E-state index contributed by atoms with van der Waals surface area (Å²) >= 11 is 0. The third-order valence-corrected chi connectivity index (χ3v) is 4.57. The number of nitrogens with one attached hydrogen (secondary N) is 2. The van der Waals surface area contributed by atoms with Gasteiger partial charge < -0.3 is 15.4 Å². The second-order valence-corrected chi connectivity index (χ2v) is 6.41. The summed E-state index contributed by atoms with van der Waals surface area (Å²) in [5, 5.41) is 6.49. The van der Waals surface area contributed by atoms with Crippen LogP contribution in [0.3, 0.4) is 0 Å². The molecule has 1 aliphatic carbocycles. The van der Waals surface area contributed by atoms with Crippen molar-refractivity contribution in [1.29, 1.82) is 0 Å². The molecule has 0 spiro atoms. The van der Waals surface area contributed by atoms with Gasteiger partial charge in [-0.25, -0.2) is 0 Å². The van der Waals surface area contributed by atoms with Crippen LogP contribution in [0.5, 0.6) is 0 Å². The highest BCUT2D eigenvalue weighted by molar-refractivity contribution is 5.82. The summed E-state index contributed by atoms with van der Waals surface area (Å²) in [6, 6.07) is 0. The Morgan fingerprint density at radius 2 is 2.10 bits per heavy atom. The van der Waals surface area contributed by atoms with Gasteiger partial charge in [0.05, 0.1) is 5.41 Å². The summed E-state index contributed by atoms with van der Waals surface area (Å²) in [6.07, 6.45) is 7.65. The quantitative estimate of drug-likeness (QED) is 0.637. The van der Waals surface area contributed by atoms with E-state index in [2.05, 4.69) is 17.6 Å². The molecule has 4 nitrogen and oxygen atoms in total. The van der Waals surface area contributed by atoms with Crippen LogP contribution < -0.4 is 10.6 Å². The van der Waals surface area contributed by atoms with Gasteiger partial charge in [0.1, 0.15) is 0 Å². The zero-order chi connectivity index (χ0) is 14.3. The van der Waals surface area contributed by atoms with E-state index in [0.717, 1.165) is 70.9 Å². The average molecular weight is 282 g/mol. The normalized spacial score (nSPS) is 21.6. The molecule has 4 heteroatoms. The Kier molecular flexibility index (Phi) is 6.30. The lowest BCUT2D eigenvalue weighted by atomic mass is 9.74. The maximum Gasteiger partial charge on any atom is 0.226 e. The molecule has 1 aliphatic heterocycles. The molecule has 1 saturated carbocycles. The maximum absolute atomic E-state index is 12.5. The lowest BCUT2D eigenvalue weighted by molar-refractivity contribution is -0.133. The van der Waals surface area contributed by atoms with Crippen LogP contribution in [-0.4, -0.2) is 38.8 Å². The minimum atomic E-state index is -0.116. The minimum absolute atomic E-state index is 0.116. The van der Waals surface area contributed by atoms with Crippen LogP contribution in [0.1, 0.15) is 51.9 Å². The van der Waals surface area contributed by atoms with Crippen molar-refractivity contribution in [1.82, 2.24) is 10.6 Å². The molecule has 1 saturated heterocycles. The van der Waals surface area contributed by atoms with Crippen LogP contribution in [0.25, 0.3) is 0 Å². The van der Waals surface area contributed by atoms with Gasteiger partial charge in [0.25, 0.3) is 0 Å². The molecule has 0 radical (unpaired) electrons. The largest absolute Gasteiger partial charge is 0.381 e. The van der Waals surface area contributed by atoms with Crippen LogP contribution in [0.4, 0.5) is 0 Å². The average Bonchev–Trinajstić information content (AvgIpc) is 3.28. The molecular weight excluding hydrogens is 252 g/mol. The third-order valence-electron chi connectivity index (χ3n) is 4.57. The fraction of sp³-hybridized carbons (Fsp3) is 0.938. The number of rotatable bonds is 9. The highest BCUT2D eigenvalue weighted by Crippen LogP contribution is 2.34. The van der Waals surface area contributed by atoms with Gasteiger partial charge in [-0.1, -0.05) is 13.3 Å². The molecule has 2 N–H and O–H groups in total. The monoisotopic (exact) mass is 282 g/mol. The van der Waals surface area contributed by atoms with E-state index in [-0.39, 0.29) is 11.3 Å². The van der Waals surface area contributed by atoms with Crippen LogP contribution in [-0.2, 0) is 9.53 Å². The summed E-state index contributed by atoms with van der Waals surface area (Å²) in [4.78, 5) is 12.5. The van der Waals surface area contributed by atoms with Crippen molar-refractivity contribution in [3.63, 3.8) is 0 Å². The van der Waals surface area contributed by atoms with E-state index < -0.39 is 0 Å². The summed E-state index contributed by atoms with van der Waals surface area (Å²) in [5.41, 5.74) is -0.116. The second kappa shape index (κ2) is 7.99. The zero-order valence-corrected chi connectivity index (χ0v) is 12.9. The van der Waals surface area contributed by atoms with Gasteiger partial charge in [-0.05, 0) is 57.5 Å². The molecule has 0 atom stereocenters. The van der Waals surface area contributed by atoms with Gasteiger partial charge in [-0.2, -0.15) is 0 Å². The Labute approximate surface area is 123 Å². The smallest absolute Gasteiger partial charge is 0.226 e. The van der Waals surface area contributed by atoms with Crippen LogP contribution in [0, 0.1) is 11.3 Å². The summed E-state index contributed by atoms with van der Waals surface area (Å²) in [6.45, 7) is 6.56. The molecule has 1 heterocycles. The first-order valence-corrected chi connectivity index (χ1v) is 8.33. The van der Waals surface area contributed by atoms with Gasteiger partial charge >= 0.3 is 0 Å². The van der Waals surface area contributed by atoms with Gasteiger partial charge in [-0.3, -0.25) is 4.79 Å². The molecule has 1 amide bonds. The standard InChI is InChI=1S/C16H30N2O2/c1-2-6-16(7-10-17-11-8-16)15(19)18-9-3-12-20-13-14-4-5-14/h14,17H,2-13H2,1H3,(H,18,19). The number of ether oxygens (including phenoxy) is 1. The van der Waals surface area contributed by atoms with Crippen molar-refractivity contribution in [2.24, 2.45) is 11.3 Å². The highest BCUT2D eigenvalue weighted by atomic mass is 16.5. The Bertz CT molecular complexity index is 291. The summed E-state index contributed by atoms with van der Waals surface area (Å²) < 4.78 is 5.60. The number of carbonyl (C=O) groups excluding carboxylic acids is 1. The van der Waals surface area contributed by atoms with E-state index >= 15 is 0 Å². The minimum Gasteiger partial charge on any atom is -0.381 e.